The number of hydrogen-bond donors (Lipinski definition) is 2. The van der Waals surface area contributed by atoms with Crippen molar-refractivity contribution < 1.29 is 12.8 Å². The van der Waals surface area contributed by atoms with Gasteiger partial charge in [0.1, 0.15) is 5.76 Å². The van der Waals surface area contributed by atoms with Gasteiger partial charge in [-0.1, -0.05) is 17.7 Å². The number of benzene rings is 1. The predicted molar refractivity (Wildman–Crippen MR) is 73.6 cm³/mol. The van der Waals surface area contributed by atoms with Gasteiger partial charge in [-0.3, -0.25) is 0 Å². The van der Waals surface area contributed by atoms with Crippen LogP contribution in [0.3, 0.4) is 0 Å². The SMILES string of the molecule is Cc1ccc(Cl)c(NCc2ccc(S(N)(=O)=O)o2)c1. The van der Waals surface area contributed by atoms with Crippen LogP contribution in [0.1, 0.15) is 11.3 Å². The number of halogens is 1. The third-order valence-electron chi connectivity index (χ3n) is 2.49. The van der Waals surface area contributed by atoms with Gasteiger partial charge in [0.2, 0.25) is 5.09 Å². The molecule has 0 saturated heterocycles. The number of nitrogens with two attached hydrogens (primary N) is 1. The zero-order valence-electron chi connectivity index (χ0n) is 10.2. The maximum Gasteiger partial charge on any atom is 0.271 e. The van der Waals surface area contributed by atoms with E-state index in [1.165, 1.54) is 6.07 Å². The minimum absolute atomic E-state index is 0.250. The molecule has 2 rings (SSSR count). The minimum Gasteiger partial charge on any atom is -0.446 e. The van der Waals surface area contributed by atoms with Crippen molar-refractivity contribution in [1.29, 1.82) is 0 Å². The number of furan rings is 1. The monoisotopic (exact) mass is 300 g/mol. The molecule has 0 radical (unpaired) electrons. The Bertz CT molecular complexity index is 695. The molecule has 0 amide bonds. The lowest BCUT2D eigenvalue weighted by atomic mass is 10.2. The Labute approximate surface area is 116 Å². The van der Waals surface area contributed by atoms with Crippen LogP contribution in [0.15, 0.2) is 39.8 Å². The summed E-state index contributed by atoms with van der Waals surface area (Å²) in [7, 11) is -3.80. The van der Waals surface area contributed by atoms with Crippen LogP contribution >= 0.6 is 11.6 Å². The summed E-state index contributed by atoms with van der Waals surface area (Å²) in [5, 5.41) is 8.37. The Morgan fingerprint density at radius 1 is 1.32 bits per heavy atom. The lowest BCUT2D eigenvalue weighted by Gasteiger charge is -2.07. The summed E-state index contributed by atoms with van der Waals surface area (Å²) in [5.74, 6) is 0.460. The number of nitrogens with one attached hydrogen (secondary N) is 1. The number of primary sulfonamides is 1. The molecule has 5 nitrogen and oxygen atoms in total. The summed E-state index contributed by atoms with van der Waals surface area (Å²) in [6.07, 6.45) is 0. The molecule has 0 fully saturated rings. The van der Waals surface area contributed by atoms with Crippen molar-refractivity contribution in [2.45, 2.75) is 18.6 Å². The maximum atomic E-state index is 11.1. The van der Waals surface area contributed by atoms with Gasteiger partial charge < -0.3 is 9.73 Å². The summed E-state index contributed by atoms with van der Waals surface area (Å²) < 4.78 is 27.2. The van der Waals surface area contributed by atoms with Crippen molar-refractivity contribution in [2.75, 3.05) is 5.32 Å². The van der Waals surface area contributed by atoms with Crippen molar-refractivity contribution >= 4 is 27.3 Å². The number of anilines is 1. The van der Waals surface area contributed by atoms with Gasteiger partial charge in [-0.2, -0.15) is 0 Å². The van der Waals surface area contributed by atoms with Gasteiger partial charge in [0.15, 0.2) is 0 Å². The van der Waals surface area contributed by atoms with Crippen LogP contribution in [0.25, 0.3) is 0 Å². The standard InChI is InChI=1S/C12H13ClN2O3S/c1-8-2-4-10(13)11(6-8)15-7-9-3-5-12(18-9)19(14,16)17/h2-6,15H,7H2,1H3,(H2,14,16,17). The van der Waals surface area contributed by atoms with Crippen molar-refractivity contribution in [1.82, 2.24) is 0 Å². The Morgan fingerprint density at radius 2 is 2.05 bits per heavy atom. The molecule has 19 heavy (non-hydrogen) atoms. The van der Waals surface area contributed by atoms with E-state index in [1.807, 2.05) is 19.1 Å². The second kappa shape index (κ2) is 5.24. The van der Waals surface area contributed by atoms with Crippen LogP contribution in [0.2, 0.25) is 5.02 Å². The topological polar surface area (TPSA) is 85.3 Å². The fraction of sp³-hybridized carbons (Fsp3) is 0.167. The fourth-order valence-corrected chi connectivity index (χ4v) is 2.23. The smallest absolute Gasteiger partial charge is 0.271 e. The summed E-state index contributed by atoms with van der Waals surface area (Å²) in [5.41, 5.74) is 1.83. The molecular formula is C12H13ClN2O3S. The molecular weight excluding hydrogens is 288 g/mol. The van der Waals surface area contributed by atoms with Gasteiger partial charge >= 0.3 is 0 Å². The van der Waals surface area contributed by atoms with Gasteiger partial charge in [0, 0.05) is 0 Å². The molecule has 2 aromatic rings. The Morgan fingerprint density at radius 3 is 2.68 bits per heavy atom. The van der Waals surface area contributed by atoms with Crippen LogP contribution in [0, 0.1) is 6.92 Å². The first kappa shape index (κ1) is 13.9. The molecule has 0 saturated carbocycles. The first-order valence-electron chi connectivity index (χ1n) is 5.48. The summed E-state index contributed by atoms with van der Waals surface area (Å²) in [4.78, 5) is 0. The molecule has 0 spiro atoms. The molecule has 0 aliphatic rings. The Balaban J connectivity index is 2.11. The highest BCUT2D eigenvalue weighted by atomic mass is 35.5. The summed E-state index contributed by atoms with van der Waals surface area (Å²) >= 11 is 6.03. The minimum atomic E-state index is -3.80. The molecule has 0 aliphatic carbocycles. The second-order valence-corrected chi connectivity index (χ2v) is 6.00. The molecule has 1 aromatic carbocycles. The van der Waals surface area contributed by atoms with Crippen LogP contribution in [-0.2, 0) is 16.6 Å². The molecule has 7 heteroatoms. The third-order valence-corrected chi connectivity index (χ3v) is 3.60. The van der Waals surface area contributed by atoms with Crippen LogP contribution in [0.4, 0.5) is 5.69 Å². The van der Waals surface area contributed by atoms with E-state index in [9.17, 15) is 8.42 Å². The van der Waals surface area contributed by atoms with Crippen LogP contribution < -0.4 is 10.5 Å². The number of aryl methyl sites for hydroxylation is 1. The molecule has 0 unspecified atom stereocenters. The van der Waals surface area contributed by atoms with Crippen LogP contribution in [0.5, 0.6) is 0 Å². The molecule has 3 N–H and O–H groups in total. The van der Waals surface area contributed by atoms with E-state index in [4.69, 9.17) is 21.2 Å². The highest BCUT2D eigenvalue weighted by Gasteiger charge is 2.13. The Kier molecular flexibility index (Phi) is 3.84. The predicted octanol–water partition coefficient (Wildman–Crippen LogP) is 2.50. The lowest BCUT2D eigenvalue weighted by molar-refractivity contribution is 0.419. The van der Waals surface area contributed by atoms with E-state index in [0.717, 1.165) is 11.3 Å². The quantitative estimate of drug-likeness (QED) is 0.908. The maximum absolute atomic E-state index is 11.1. The van der Waals surface area contributed by atoms with Gasteiger partial charge in [-0.25, -0.2) is 13.6 Å². The van der Waals surface area contributed by atoms with Gasteiger partial charge in [0.05, 0.1) is 17.3 Å². The summed E-state index contributed by atoms with van der Waals surface area (Å²) in [6.45, 7) is 2.27. The Hall–Kier alpha value is -1.50. The zero-order valence-corrected chi connectivity index (χ0v) is 11.8. The van der Waals surface area contributed by atoms with Crippen molar-refractivity contribution in [2.24, 2.45) is 5.14 Å². The molecule has 1 aromatic heterocycles. The highest BCUT2D eigenvalue weighted by Crippen LogP contribution is 2.23. The number of hydrogen-bond acceptors (Lipinski definition) is 4. The molecule has 102 valence electrons. The third kappa shape index (κ3) is 3.50. The highest BCUT2D eigenvalue weighted by molar-refractivity contribution is 7.89. The van der Waals surface area contributed by atoms with Gasteiger partial charge in [-0.05, 0) is 36.8 Å². The molecule has 0 aliphatic heterocycles. The average Bonchev–Trinajstić information content (AvgIpc) is 2.79. The average molecular weight is 301 g/mol. The number of rotatable bonds is 4. The first-order valence-corrected chi connectivity index (χ1v) is 7.40. The van der Waals surface area contributed by atoms with E-state index in [0.29, 0.717) is 17.3 Å². The second-order valence-electron chi connectivity index (χ2n) is 4.10. The molecule has 0 atom stereocenters. The number of sulfonamides is 1. The lowest BCUT2D eigenvalue weighted by Crippen LogP contribution is -2.10. The van der Waals surface area contributed by atoms with Gasteiger partial charge in [-0.15, -0.1) is 0 Å². The normalized spacial score (nSPS) is 11.5. The van der Waals surface area contributed by atoms with Crippen LogP contribution in [-0.4, -0.2) is 8.42 Å². The van der Waals surface area contributed by atoms with E-state index >= 15 is 0 Å². The van der Waals surface area contributed by atoms with E-state index in [1.54, 1.807) is 12.1 Å². The van der Waals surface area contributed by atoms with E-state index in [-0.39, 0.29) is 5.09 Å². The summed E-state index contributed by atoms with van der Waals surface area (Å²) in [6, 6.07) is 8.46. The van der Waals surface area contributed by atoms with Crippen molar-refractivity contribution in [3.05, 3.63) is 46.7 Å². The fourth-order valence-electron chi connectivity index (χ4n) is 1.56. The van der Waals surface area contributed by atoms with E-state index in [2.05, 4.69) is 5.32 Å². The van der Waals surface area contributed by atoms with Gasteiger partial charge in [0.25, 0.3) is 10.0 Å². The van der Waals surface area contributed by atoms with Crippen molar-refractivity contribution in [3.8, 4) is 0 Å². The molecule has 0 bridgehead atoms. The van der Waals surface area contributed by atoms with Crippen molar-refractivity contribution in [3.63, 3.8) is 0 Å². The van der Waals surface area contributed by atoms with E-state index < -0.39 is 10.0 Å². The molecule has 1 heterocycles. The largest absolute Gasteiger partial charge is 0.446 e. The first-order chi connectivity index (χ1) is 8.86. The zero-order chi connectivity index (χ0) is 14.0.